The summed E-state index contributed by atoms with van der Waals surface area (Å²) >= 11 is 0. The zero-order valence-electron chi connectivity index (χ0n) is 13.9. The summed E-state index contributed by atoms with van der Waals surface area (Å²) in [6, 6.07) is 4.45. The predicted octanol–water partition coefficient (Wildman–Crippen LogP) is 2.89. The smallest absolute Gasteiger partial charge is 0.315 e. The van der Waals surface area contributed by atoms with Crippen LogP contribution in [0.2, 0.25) is 0 Å². The number of methoxy groups -OCH3 is 1. The molecule has 2 aliphatic rings. The number of aliphatic hydroxyl groups excluding tert-OH is 1. The second-order valence-electron chi connectivity index (χ2n) is 6.86. The van der Waals surface area contributed by atoms with Gasteiger partial charge in [0.1, 0.15) is 0 Å². The van der Waals surface area contributed by atoms with Crippen molar-refractivity contribution in [3.8, 4) is 5.75 Å². The van der Waals surface area contributed by atoms with Gasteiger partial charge in [-0.05, 0) is 49.3 Å². The average molecular weight is 336 g/mol. The van der Waals surface area contributed by atoms with E-state index in [0.717, 1.165) is 25.7 Å². The van der Waals surface area contributed by atoms with E-state index in [9.17, 15) is 14.3 Å². The quantitative estimate of drug-likeness (QED) is 0.774. The van der Waals surface area contributed by atoms with Crippen molar-refractivity contribution in [2.45, 2.75) is 56.7 Å². The molecule has 3 N–H and O–H groups in total. The molecular weight excluding hydrogens is 311 g/mol. The Labute approximate surface area is 141 Å². The second-order valence-corrected chi connectivity index (χ2v) is 6.86. The molecule has 2 aliphatic carbocycles. The molecule has 5 nitrogen and oxygen atoms in total. The maximum Gasteiger partial charge on any atom is 0.315 e. The summed E-state index contributed by atoms with van der Waals surface area (Å²) in [5.41, 5.74) is 0.701. The number of urea groups is 1. The largest absolute Gasteiger partial charge is 0.494 e. The minimum Gasteiger partial charge on any atom is -0.494 e. The summed E-state index contributed by atoms with van der Waals surface area (Å²) < 4.78 is 19.0. The van der Waals surface area contributed by atoms with Crippen LogP contribution >= 0.6 is 0 Å². The van der Waals surface area contributed by atoms with Crippen LogP contribution in [0.4, 0.5) is 9.18 Å². The molecule has 132 valence electrons. The van der Waals surface area contributed by atoms with Gasteiger partial charge in [-0.3, -0.25) is 0 Å². The van der Waals surface area contributed by atoms with Gasteiger partial charge in [-0.15, -0.1) is 0 Å². The maximum atomic E-state index is 14.0. The molecule has 24 heavy (non-hydrogen) atoms. The summed E-state index contributed by atoms with van der Waals surface area (Å²) in [7, 11) is 1.42. The Morgan fingerprint density at radius 1 is 1.33 bits per heavy atom. The third-order valence-corrected chi connectivity index (χ3v) is 5.13. The predicted molar refractivity (Wildman–Crippen MR) is 88.3 cm³/mol. The first-order valence-corrected chi connectivity index (χ1v) is 8.65. The van der Waals surface area contributed by atoms with Gasteiger partial charge in [-0.2, -0.15) is 0 Å². The number of carbonyl (C=O) groups excluding carboxylic acids is 1. The molecule has 0 radical (unpaired) electrons. The maximum absolute atomic E-state index is 14.0. The molecule has 0 spiro atoms. The molecule has 1 atom stereocenters. The number of ether oxygens (including phenoxy) is 1. The van der Waals surface area contributed by atoms with E-state index in [2.05, 4.69) is 10.6 Å². The van der Waals surface area contributed by atoms with Crippen LogP contribution < -0.4 is 15.4 Å². The Morgan fingerprint density at radius 3 is 2.62 bits per heavy atom. The molecule has 2 fully saturated rings. The number of carbonyl (C=O) groups is 1. The number of aliphatic hydroxyl groups is 1. The average Bonchev–Trinajstić information content (AvgIpc) is 3.02. The van der Waals surface area contributed by atoms with Crippen LogP contribution in [0.3, 0.4) is 0 Å². The van der Waals surface area contributed by atoms with E-state index in [1.54, 1.807) is 12.1 Å². The van der Waals surface area contributed by atoms with E-state index in [1.807, 2.05) is 0 Å². The number of hydrogen-bond donors (Lipinski definition) is 3. The lowest BCUT2D eigenvalue weighted by atomic mass is 9.75. The van der Waals surface area contributed by atoms with E-state index in [1.165, 1.54) is 13.2 Å². The summed E-state index contributed by atoms with van der Waals surface area (Å²) in [5.74, 6) is -0.151. The number of rotatable bonds is 5. The van der Waals surface area contributed by atoms with Gasteiger partial charge in [0.05, 0.1) is 19.3 Å². The van der Waals surface area contributed by atoms with Crippen molar-refractivity contribution < 1.29 is 19.0 Å². The zero-order valence-corrected chi connectivity index (χ0v) is 13.9. The van der Waals surface area contributed by atoms with E-state index in [-0.39, 0.29) is 35.9 Å². The highest BCUT2D eigenvalue weighted by Crippen LogP contribution is 2.39. The zero-order chi connectivity index (χ0) is 17.1. The molecule has 1 aromatic rings. The summed E-state index contributed by atoms with van der Waals surface area (Å²) in [5, 5.41) is 15.6. The lowest BCUT2D eigenvalue weighted by molar-refractivity contribution is 0.0258. The monoisotopic (exact) mass is 336 g/mol. The Morgan fingerprint density at radius 2 is 2.04 bits per heavy atom. The van der Waals surface area contributed by atoms with Gasteiger partial charge < -0.3 is 20.5 Å². The number of hydrogen-bond acceptors (Lipinski definition) is 3. The summed E-state index contributed by atoms with van der Waals surface area (Å²) in [4.78, 5) is 12.3. The number of amides is 2. The Balaban J connectivity index is 1.71. The molecule has 6 heteroatoms. The number of benzene rings is 1. The highest BCUT2D eigenvalue weighted by Gasteiger charge is 2.36. The van der Waals surface area contributed by atoms with Crippen molar-refractivity contribution in [2.24, 2.45) is 5.92 Å². The van der Waals surface area contributed by atoms with Crippen LogP contribution in [0, 0.1) is 11.7 Å². The Kier molecular flexibility index (Phi) is 5.23. The van der Waals surface area contributed by atoms with E-state index in [0.29, 0.717) is 18.4 Å². The van der Waals surface area contributed by atoms with Crippen molar-refractivity contribution in [3.63, 3.8) is 0 Å². The second kappa shape index (κ2) is 7.38. The van der Waals surface area contributed by atoms with Gasteiger partial charge in [0, 0.05) is 6.04 Å². The van der Waals surface area contributed by atoms with Gasteiger partial charge in [0.25, 0.3) is 0 Å². The third-order valence-electron chi connectivity index (χ3n) is 5.13. The molecule has 0 aliphatic heterocycles. The first kappa shape index (κ1) is 17.0. The van der Waals surface area contributed by atoms with E-state index < -0.39 is 5.82 Å². The molecule has 0 saturated heterocycles. The molecular formula is C18H25FN2O3. The van der Waals surface area contributed by atoms with Crippen molar-refractivity contribution in [2.75, 3.05) is 7.11 Å². The van der Waals surface area contributed by atoms with Crippen molar-refractivity contribution >= 4 is 6.03 Å². The van der Waals surface area contributed by atoms with Crippen LogP contribution in [0.5, 0.6) is 5.75 Å². The van der Waals surface area contributed by atoms with Crippen molar-refractivity contribution in [1.29, 1.82) is 0 Å². The number of nitrogens with one attached hydrogen (secondary N) is 2. The normalized spacial score (nSPS) is 25.0. The third kappa shape index (κ3) is 3.80. The van der Waals surface area contributed by atoms with Crippen LogP contribution in [-0.2, 0) is 0 Å². The highest BCUT2D eigenvalue weighted by molar-refractivity contribution is 5.75. The molecule has 0 aromatic heterocycles. The summed E-state index contributed by atoms with van der Waals surface area (Å²) in [6.07, 6.45) is 5.21. The Hall–Kier alpha value is -1.82. The molecule has 0 bridgehead atoms. The molecule has 0 unspecified atom stereocenters. The topological polar surface area (TPSA) is 70.6 Å². The fourth-order valence-corrected chi connectivity index (χ4v) is 3.69. The minimum absolute atomic E-state index is 0.113. The standard InChI is InChI=1S/C18H25FN2O3/c1-24-16-7-6-11(10-15(16)19)17(12-8-14(22)9-12)21-18(23)20-13-4-2-3-5-13/h6-7,10,12-14,17,22H,2-5,8-9H2,1H3,(H2,20,21,23)/t12?,14?,17-/m1/s1. The van der Waals surface area contributed by atoms with Crippen LogP contribution in [0.15, 0.2) is 18.2 Å². The fraction of sp³-hybridized carbons (Fsp3) is 0.611. The van der Waals surface area contributed by atoms with Gasteiger partial charge in [0.2, 0.25) is 0 Å². The van der Waals surface area contributed by atoms with Crippen molar-refractivity contribution in [1.82, 2.24) is 10.6 Å². The Bertz CT molecular complexity index is 584. The summed E-state index contributed by atoms with van der Waals surface area (Å²) in [6.45, 7) is 0. The van der Waals surface area contributed by atoms with Gasteiger partial charge in [-0.1, -0.05) is 18.9 Å². The fourth-order valence-electron chi connectivity index (χ4n) is 3.69. The van der Waals surface area contributed by atoms with Crippen LogP contribution in [-0.4, -0.2) is 30.4 Å². The number of halogens is 1. The minimum atomic E-state index is -0.446. The lowest BCUT2D eigenvalue weighted by Crippen LogP contribution is -2.47. The van der Waals surface area contributed by atoms with Gasteiger partial charge in [0.15, 0.2) is 11.6 Å². The molecule has 2 amide bonds. The van der Waals surface area contributed by atoms with Gasteiger partial charge >= 0.3 is 6.03 Å². The lowest BCUT2D eigenvalue weighted by Gasteiger charge is -2.38. The molecule has 0 heterocycles. The SMILES string of the molecule is COc1ccc([C@@H](NC(=O)NC2CCCC2)C2CC(O)C2)cc1F. The molecule has 3 rings (SSSR count). The molecule has 1 aromatic carbocycles. The highest BCUT2D eigenvalue weighted by atomic mass is 19.1. The van der Waals surface area contributed by atoms with E-state index in [4.69, 9.17) is 4.74 Å². The first-order chi connectivity index (χ1) is 11.6. The first-order valence-electron chi connectivity index (χ1n) is 8.65. The van der Waals surface area contributed by atoms with Crippen molar-refractivity contribution in [3.05, 3.63) is 29.6 Å². The van der Waals surface area contributed by atoms with Gasteiger partial charge in [-0.25, -0.2) is 9.18 Å². The molecule has 2 saturated carbocycles. The van der Waals surface area contributed by atoms with Crippen LogP contribution in [0.25, 0.3) is 0 Å². The van der Waals surface area contributed by atoms with E-state index >= 15 is 0 Å². The van der Waals surface area contributed by atoms with Crippen LogP contribution in [0.1, 0.15) is 50.1 Å².